The van der Waals surface area contributed by atoms with Gasteiger partial charge in [-0.1, -0.05) is 25.0 Å². The molecule has 0 unspecified atom stereocenters. The maximum atomic E-state index is 4.27. The van der Waals surface area contributed by atoms with Crippen LogP contribution in [0.2, 0.25) is 0 Å². The number of fused-ring (bicyclic) bond motifs is 1. The molecule has 0 aromatic rings. The smallest absolute Gasteiger partial charge is 0.0198 e. The Kier molecular flexibility index (Phi) is 3.56. The van der Waals surface area contributed by atoms with Gasteiger partial charge in [0.1, 0.15) is 0 Å². The molecule has 1 heterocycles. The van der Waals surface area contributed by atoms with Crippen LogP contribution in [-0.4, -0.2) is 30.3 Å². The predicted octanol–water partition coefficient (Wildman–Crippen LogP) is 2.59. The summed E-state index contributed by atoms with van der Waals surface area (Å²) in [6.45, 7) is 7.75. The number of rotatable bonds is 3. The van der Waals surface area contributed by atoms with Gasteiger partial charge in [-0.2, -0.15) is 12.6 Å². The van der Waals surface area contributed by atoms with Crippen LogP contribution in [0.15, 0.2) is 12.2 Å². The van der Waals surface area contributed by atoms with Crippen LogP contribution in [0.4, 0.5) is 0 Å². The van der Waals surface area contributed by atoms with Crippen molar-refractivity contribution in [1.82, 2.24) is 4.90 Å². The maximum absolute atomic E-state index is 4.27. The van der Waals surface area contributed by atoms with E-state index in [1.807, 2.05) is 0 Å². The van der Waals surface area contributed by atoms with Crippen LogP contribution in [0.25, 0.3) is 0 Å². The maximum Gasteiger partial charge on any atom is 0.0198 e. The van der Waals surface area contributed by atoms with Crippen molar-refractivity contribution in [2.24, 2.45) is 11.8 Å². The van der Waals surface area contributed by atoms with Crippen LogP contribution in [0.1, 0.15) is 25.7 Å². The SMILES string of the molecule is C=C(CS)CN1C[C@H]2CCCC[C@H]2C1. The van der Waals surface area contributed by atoms with Crippen LogP contribution < -0.4 is 0 Å². The van der Waals surface area contributed by atoms with Gasteiger partial charge in [0.25, 0.3) is 0 Å². The lowest BCUT2D eigenvalue weighted by Gasteiger charge is -2.23. The average molecular weight is 211 g/mol. The average Bonchev–Trinajstić information content (AvgIpc) is 2.59. The molecule has 1 saturated carbocycles. The van der Waals surface area contributed by atoms with E-state index in [-0.39, 0.29) is 0 Å². The number of thiol groups is 1. The first-order chi connectivity index (χ1) is 6.79. The largest absolute Gasteiger partial charge is 0.299 e. The molecule has 0 aromatic heterocycles. The number of likely N-dealkylation sites (tertiary alicyclic amines) is 1. The predicted molar refractivity (Wildman–Crippen MR) is 64.9 cm³/mol. The van der Waals surface area contributed by atoms with Crippen molar-refractivity contribution in [1.29, 1.82) is 0 Å². The van der Waals surface area contributed by atoms with Crippen LogP contribution in [0, 0.1) is 11.8 Å². The highest BCUT2D eigenvalue weighted by Gasteiger charge is 2.33. The number of hydrogen-bond donors (Lipinski definition) is 1. The molecule has 14 heavy (non-hydrogen) atoms. The van der Waals surface area contributed by atoms with Gasteiger partial charge < -0.3 is 0 Å². The summed E-state index contributed by atoms with van der Waals surface area (Å²) in [6.07, 6.45) is 5.86. The first kappa shape index (κ1) is 10.6. The molecule has 2 aliphatic rings. The molecule has 0 bridgehead atoms. The molecule has 0 spiro atoms. The van der Waals surface area contributed by atoms with E-state index >= 15 is 0 Å². The Morgan fingerprint density at radius 2 is 1.79 bits per heavy atom. The summed E-state index contributed by atoms with van der Waals surface area (Å²) in [7, 11) is 0. The van der Waals surface area contributed by atoms with E-state index in [1.54, 1.807) is 0 Å². The highest BCUT2D eigenvalue weighted by Crippen LogP contribution is 2.36. The fraction of sp³-hybridized carbons (Fsp3) is 0.833. The molecule has 1 nitrogen and oxygen atoms in total. The summed E-state index contributed by atoms with van der Waals surface area (Å²) in [5.41, 5.74) is 1.27. The second-order valence-electron chi connectivity index (χ2n) is 4.91. The summed E-state index contributed by atoms with van der Waals surface area (Å²) >= 11 is 4.27. The molecule has 2 atom stereocenters. The normalized spacial score (nSPS) is 32.9. The summed E-state index contributed by atoms with van der Waals surface area (Å²) < 4.78 is 0. The van der Waals surface area contributed by atoms with Crippen molar-refractivity contribution in [2.75, 3.05) is 25.4 Å². The summed E-state index contributed by atoms with van der Waals surface area (Å²) in [4.78, 5) is 2.58. The van der Waals surface area contributed by atoms with Gasteiger partial charge in [0.2, 0.25) is 0 Å². The van der Waals surface area contributed by atoms with Crippen molar-refractivity contribution >= 4 is 12.6 Å². The second kappa shape index (κ2) is 4.71. The van der Waals surface area contributed by atoms with Crippen LogP contribution in [0.3, 0.4) is 0 Å². The molecule has 1 aliphatic heterocycles. The van der Waals surface area contributed by atoms with E-state index in [2.05, 4.69) is 24.1 Å². The third-order valence-electron chi connectivity index (χ3n) is 3.72. The van der Waals surface area contributed by atoms with E-state index in [1.165, 1.54) is 44.3 Å². The first-order valence-electron chi connectivity index (χ1n) is 5.79. The van der Waals surface area contributed by atoms with Gasteiger partial charge in [0.15, 0.2) is 0 Å². The number of hydrogen-bond acceptors (Lipinski definition) is 2. The minimum Gasteiger partial charge on any atom is -0.299 e. The molecule has 80 valence electrons. The monoisotopic (exact) mass is 211 g/mol. The van der Waals surface area contributed by atoms with E-state index in [0.717, 1.165) is 24.1 Å². The Hall–Kier alpha value is 0.0500. The van der Waals surface area contributed by atoms with Gasteiger partial charge in [-0.05, 0) is 24.7 Å². The molecule has 2 heteroatoms. The van der Waals surface area contributed by atoms with Gasteiger partial charge in [-0.25, -0.2) is 0 Å². The Balaban J connectivity index is 1.83. The second-order valence-corrected chi connectivity index (χ2v) is 5.22. The summed E-state index contributed by atoms with van der Waals surface area (Å²) in [5, 5.41) is 0. The Morgan fingerprint density at radius 3 is 2.29 bits per heavy atom. The number of nitrogens with zero attached hydrogens (tertiary/aromatic N) is 1. The standard InChI is InChI=1S/C12H21NS/c1-10(9-14)6-13-7-11-4-2-3-5-12(11)8-13/h11-12,14H,1-9H2/t11-,12+. The van der Waals surface area contributed by atoms with Crippen molar-refractivity contribution < 1.29 is 0 Å². The molecule has 2 fully saturated rings. The Morgan fingerprint density at radius 1 is 1.21 bits per heavy atom. The molecule has 2 rings (SSSR count). The molecule has 1 aliphatic carbocycles. The zero-order valence-electron chi connectivity index (χ0n) is 8.91. The molecule has 0 radical (unpaired) electrons. The summed E-state index contributed by atoms with van der Waals surface area (Å²) in [5.74, 6) is 2.83. The van der Waals surface area contributed by atoms with E-state index < -0.39 is 0 Å². The van der Waals surface area contributed by atoms with Crippen LogP contribution in [0.5, 0.6) is 0 Å². The van der Waals surface area contributed by atoms with Crippen molar-refractivity contribution in [3.05, 3.63) is 12.2 Å². The zero-order valence-corrected chi connectivity index (χ0v) is 9.81. The van der Waals surface area contributed by atoms with Gasteiger partial charge in [-0.15, -0.1) is 0 Å². The van der Waals surface area contributed by atoms with E-state index in [9.17, 15) is 0 Å². The molecular formula is C12H21NS. The van der Waals surface area contributed by atoms with E-state index in [0.29, 0.717) is 0 Å². The van der Waals surface area contributed by atoms with Crippen molar-refractivity contribution in [3.63, 3.8) is 0 Å². The van der Waals surface area contributed by atoms with Gasteiger partial charge in [0.05, 0.1) is 0 Å². The Labute approximate surface area is 93.0 Å². The van der Waals surface area contributed by atoms with E-state index in [4.69, 9.17) is 0 Å². The van der Waals surface area contributed by atoms with Gasteiger partial charge >= 0.3 is 0 Å². The van der Waals surface area contributed by atoms with Crippen molar-refractivity contribution in [3.8, 4) is 0 Å². The van der Waals surface area contributed by atoms with Gasteiger partial charge in [-0.3, -0.25) is 4.90 Å². The lowest BCUT2D eigenvalue weighted by atomic mass is 9.82. The minimum absolute atomic E-state index is 0.839. The lowest BCUT2D eigenvalue weighted by Crippen LogP contribution is -2.23. The fourth-order valence-electron chi connectivity index (χ4n) is 3.00. The van der Waals surface area contributed by atoms with Crippen LogP contribution >= 0.6 is 12.6 Å². The molecule has 0 amide bonds. The first-order valence-corrected chi connectivity index (χ1v) is 6.42. The molecule has 1 saturated heterocycles. The van der Waals surface area contributed by atoms with Gasteiger partial charge in [0, 0.05) is 25.4 Å². The van der Waals surface area contributed by atoms with Crippen LogP contribution in [-0.2, 0) is 0 Å². The Bertz CT molecular complexity index is 200. The molecular weight excluding hydrogens is 190 g/mol. The topological polar surface area (TPSA) is 3.24 Å². The molecule has 0 aromatic carbocycles. The minimum atomic E-state index is 0.839. The fourth-order valence-corrected chi connectivity index (χ4v) is 3.10. The molecule has 0 N–H and O–H groups in total. The highest BCUT2D eigenvalue weighted by atomic mass is 32.1. The lowest BCUT2D eigenvalue weighted by molar-refractivity contribution is 0.299. The third kappa shape index (κ3) is 2.34. The zero-order chi connectivity index (χ0) is 9.97. The highest BCUT2D eigenvalue weighted by molar-refractivity contribution is 7.80. The summed E-state index contributed by atoms with van der Waals surface area (Å²) in [6, 6.07) is 0. The van der Waals surface area contributed by atoms with Crippen molar-refractivity contribution in [2.45, 2.75) is 25.7 Å². The third-order valence-corrected chi connectivity index (χ3v) is 4.17. The quantitative estimate of drug-likeness (QED) is 0.555.